The van der Waals surface area contributed by atoms with Crippen LogP contribution < -0.4 is 10.6 Å². The average Bonchev–Trinajstić information content (AvgIpc) is 3.50. The summed E-state index contributed by atoms with van der Waals surface area (Å²) >= 11 is 0. The average molecular weight is 532 g/mol. The van der Waals surface area contributed by atoms with Crippen LogP contribution in [0.5, 0.6) is 0 Å². The standard InChI is InChI=1S/C29H45N3O6/c1-10-37-22(33)14-15-30-26(34)25(23-18(4)12-11-13-19(23)5)32(21-16-20(21)6)27(35)24(17(2)3)31-28(36)38-29(7,8)9/h11-13,17,20-21,24-25H,10,14-16H2,1-9H3,(H,30,34)(H,31,36). The number of carbonyl (C=O) groups excluding carboxylic acids is 4. The normalized spacial score (nSPS) is 18.3. The van der Waals surface area contributed by atoms with Crippen molar-refractivity contribution in [3.8, 4) is 0 Å². The number of carbonyl (C=O) groups is 4. The topological polar surface area (TPSA) is 114 Å². The van der Waals surface area contributed by atoms with Crippen LogP contribution in [0, 0.1) is 25.7 Å². The second-order valence-corrected chi connectivity index (χ2v) is 11.4. The number of esters is 1. The van der Waals surface area contributed by atoms with Crippen molar-refractivity contribution >= 4 is 23.9 Å². The van der Waals surface area contributed by atoms with Gasteiger partial charge in [-0.25, -0.2) is 4.79 Å². The molecule has 212 valence electrons. The first-order chi connectivity index (χ1) is 17.7. The second kappa shape index (κ2) is 13.1. The largest absolute Gasteiger partial charge is 0.466 e. The molecule has 0 aromatic heterocycles. The number of benzene rings is 1. The predicted octanol–water partition coefficient (Wildman–Crippen LogP) is 4.20. The minimum absolute atomic E-state index is 0.0294. The summed E-state index contributed by atoms with van der Waals surface area (Å²) in [4.78, 5) is 54.2. The Kier molecular flexibility index (Phi) is 10.7. The molecule has 9 heteroatoms. The zero-order valence-electron chi connectivity index (χ0n) is 24.3. The number of ether oxygens (including phenoxy) is 2. The van der Waals surface area contributed by atoms with E-state index in [2.05, 4.69) is 10.6 Å². The fourth-order valence-electron chi connectivity index (χ4n) is 4.55. The number of alkyl carbamates (subject to hydrolysis) is 1. The lowest BCUT2D eigenvalue weighted by atomic mass is 9.92. The summed E-state index contributed by atoms with van der Waals surface area (Å²) < 4.78 is 10.4. The van der Waals surface area contributed by atoms with Crippen LogP contribution in [-0.2, 0) is 23.9 Å². The highest BCUT2D eigenvalue weighted by Gasteiger charge is 2.49. The van der Waals surface area contributed by atoms with Crippen LogP contribution >= 0.6 is 0 Å². The van der Waals surface area contributed by atoms with Crippen molar-refractivity contribution in [1.29, 1.82) is 0 Å². The Bertz CT molecular complexity index is 996. The van der Waals surface area contributed by atoms with E-state index >= 15 is 0 Å². The van der Waals surface area contributed by atoms with Gasteiger partial charge in [0.15, 0.2) is 0 Å². The minimum Gasteiger partial charge on any atom is -0.466 e. The molecular formula is C29H45N3O6. The van der Waals surface area contributed by atoms with Crippen molar-refractivity contribution in [3.05, 3.63) is 34.9 Å². The summed E-state index contributed by atoms with van der Waals surface area (Å²) in [6.45, 7) is 16.9. The molecular weight excluding hydrogens is 486 g/mol. The summed E-state index contributed by atoms with van der Waals surface area (Å²) in [5, 5.41) is 5.60. The molecule has 1 aliphatic rings. The molecule has 4 unspecified atom stereocenters. The van der Waals surface area contributed by atoms with Crippen LogP contribution in [-0.4, -0.2) is 59.6 Å². The fourth-order valence-corrected chi connectivity index (χ4v) is 4.55. The molecule has 9 nitrogen and oxygen atoms in total. The number of rotatable bonds is 11. The first-order valence-electron chi connectivity index (χ1n) is 13.5. The van der Waals surface area contributed by atoms with Gasteiger partial charge in [0.2, 0.25) is 11.8 Å². The Morgan fingerprint density at radius 1 is 1.11 bits per heavy atom. The lowest BCUT2D eigenvalue weighted by Gasteiger charge is -2.37. The third kappa shape index (κ3) is 8.46. The molecule has 3 amide bonds. The number of aryl methyl sites for hydroxylation is 2. The Balaban J connectivity index is 2.48. The van der Waals surface area contributed by atoms with Crippen molar-refractivity contribution in [2.45, 2.75) is 98.9 Å². The first kappa shape index (κ1) is 31.1. The molecule has 0 saturated heterocycles. The summed E-state index contributed by atoms with van der Waals surface area (Å²) in [6, 6.07) is 3.76. The molecule has 38 heavy (non-hydrogen) atoms. The van der Waals surface area contributed by atoms with Crippen molar-refractivity contribution < 1.29 is 28.7 Å². The van der Waals surface area contributed by atoms with Crippen LogP contribution in [0.1, 0.15) is 84.0 Å². The van der Waals surface area contributed by atoms with Gasteiger partial charge in [0.05, 0.1) is 13.0 Å². The second-order valence-electron chi connectivity index (χ2n) is 11.4. The molecule has 1 aliphatic carbocycles. The maximum Gasteiger partial charge on any atom is 0.408 e. The monoisotopic (exact) mass is 531 g/mol. The zero-order chi connectivity index (χ0) is 28.8. The highest BCUT2D eigenvalue weighted by molar-refractivity contribution is 5.93. The van der Waals surface area contributed by atoms with Crippen LogP contribution in [0.3, 0.4) is 0 Å². The SMILES string of the molecule is CCOC(=O)CCNC(=O)C(c1c(C)cccc1C)N(C(=O)C(NC(=O)OC(C)(C)C)C(C)C)C1CC1C. The van der Waals surface area contributed by atoms with Gasteiger partial charge in [-0.3, -0.25) is 14.4 Å². The molecule has 1 saturated carbocycles. The smallest absolute Gasteiger partial charge is 0.408 e. The third-order valence-electron chi connectivity index (χ3n) is 6.56. The van der Waals surface area contributed by atoms with E-state index in [1.54, 1.807) is 32.6 Å². The Morgan fingerprint density at radius 2 is 1.68 bits per heavy atom. The van der Waals surface area contributed by atoms with Crippen molar-refractivity contribution in [2.75, 3.05) is 13.2 Å². The lowest BCUT2D eigenvalue weighted by Crippen LogP contribution is -2.56. The predicted molar refractivity (Wildman–Crippen MR) is 145 cm³/mol. The van der Waals surface area contributed by atoms with Gasteiger partial charge in [0.1, 0.15) is 17.7 Å². The highest BCUT2D eigenvalue weighted by Crippen LogP contribution is 2.42. The Labute approximate surface area is 227 Å². The zero-order valence-corrected chi connectivity index (χ0v) is 24.3. The highest BCUT2D eigenvalue weighted by atomic mass is 16.6. The molecule has 0 bridgehead atoms. The van der Waals surface area contributed by atoms with Crippen LogP contribution in [0.2, 0.25) is 0 Å². The number of nitrogens with one attached hydrogen (secondary N) is 2. The van der Waals surface area contributed by atoms with E-state index in [0.717, 1.165) is 23.1 Å². The van der Waals surface area contributed by atoms with Crippen molar-refractivity contribution in [2.24, 2.45) is 11.8 Å². The molecule has 1 aromatic carbocycles. The fraction of sp³-hybridized carbons (Fsp3) is 0.655. The number of hydrogen-bond donors (Lipinski definition) is 2. The lowest BCUT2D eigenvalue weighted by molar-refractivity contribution is -0.145. The Morgan fingerprint density at radius 3 is 2.16 bits per heavy atom. The molecule has 0 radical (unpaired) electrons. The van der Waals surface area contributed by atoms with Gasteiger partial charge in [0.25, 0.3) is 0 Å². The maximum absolute atomic E-state index is 14.2. The van der Waals surface area contributed by atoms with E-state index in [1.807, 2.05) is 52.8 Å². The van der Waals surface area contributed by atoms with Crippen molar-refractivity contribution in [1.82, 2.24) is 15.5 Å². The molecule has 0 aliphatic heterocycles. The van der Waals surface area contributed by atoms with Crippen LogP contribution in [0.4, 0.5) is 4.79 Å². The first-order valence-corrected chi connectivity index (χ1v) is 13.5. The molecule has 2 N–H and O–H groups in total. The third-order valence-corrected chi connectivity index (χ3v) is 6.56. The van der Waals surface area contributed by atoms with Crippen LogP contribution in [0.25, 0.3) is 0 Å². The van der Waals surface area contributed by atoms with Gasteiger partial charge in [-0.1, -0.05) is 39.0 Å². The van der Waals surface area contributed by atoms with Gasteiger partial charge in [-0.15, -0.1) is 0 Å². The van der Waals surface area contributed by atoms with E-state index in [1.165, 1.54) is 0 Å². The van der Waals surface area contributed by atoms with Gasteiger partial charge < -0.3 is 25.0 Å². The molecule has 2 rings (SSSR count). The Hall–Kier alpha value is -3.10. The van der Waals surface area contributed by atoms with Gasteiger partial charge >= 0.3 is 12.1 Å². The molecule has 1 aromatic rings. The number of amides is 3. The molecule has 0 spiro atoms. The van der Waals surface area contributed by atoms with Crippen LogP contribution in [0.15, 0.2) is 18.2 Å². The quantitative estimate of drug-likeness (QED) is 0.414. The van der Waals surface area contributed by atoms with E-state index in [0.29, 0.717) is 0 Å². The van der Waals surface area contributed by atoms with Gasteiger partial charge in [-0.2, -0.15) is 0 Å². The maximum atomic E-state index is 14.2. The van der Waals surface area contributed by atoms with E-state index < -0.39 is 29.7 Å². The summed E-state index contributed by atoms with van der Waals surface area (Å²) in [5.41, 5.74) is 1.78. The van der Waals surface area contributed by atoms with E-state index in [4.69, 9.17) is 9.47 Å². The van der Waals surface area contributed by atoms with Gasteiger partial charge in [-0.05, 0) is 76.5 Å². The van der Waals surface area contributed by atoms with E-state index in [9.17, 15) is 19.2 Å². The van der Waals surface area contributed by atoms with Crippen molar-refractivity contribution in [3.63, 3.8) is 0 Å². The number of hydrogen-bond acceptors (Lipinski definition) is 6. The molecule has 0 heterocycles. The summed E-state index contributed by atoms with van der Waals surface area (Å²) in [5.74, 6) is -1.17. The summed E-state index contributed by atoms with van der Waals surface area (Å²) in [6.07, 6.45) is 0.0955. The molecule has 4 atom stereocenters. The van der Waals surface area contributed by atoms with E-state index in [-0.39, 0.29) is 49.3 Å². The number of nitrogens with zero attached hydrogens (tertiary/aromatic N) is 1. The summed E-state index contributed by atoms with van der Waals surface area (Å²) in [7, 11) is 0. The molecule has 1 fully saturated rings. The minimum atomic E-state index is -0.928. The van der Waals surface area contributed by atoms with Gasteiger partial charge in [0, 0.05) is 12.6 Å².